The molecule has 0 saturated carbocycles. The van der Waals surface area contributed by atoms with E-state index in [0.717, 1.165) is 17.0 Å². The molecule has 0 aliphatic heterocycles. The number of rotatable bonds is 6. The van der Waals surface area contributed by atoms with E-state index < -0.39 is 5.97 Å². The highest BCUT2D eigenvalue weighted by Crippen LogP contribution is 2.15. The normalized spacial score (nSPS) is 11.5. The Hall–Kier alpha value is -2.62. The van der Waals surface area contributed by atoms with Gasteiger partial charge in [0, 0.05) is 0 Å². The molecule has 24 heavy (non-hydrogen) atoms. The van der Waals surface area contributed by atoms with Crippen LogP contribution in [0.15, 0.2) is 53.7 Å². The molecule has 0 spiro atoms. The third kappa shape index (κ3) is 4.95. The maximum Gasteiger partial charge on any atom is 0.365 e. The molecule has 0 fully saturated rings. The van der Waals surface area contributed by atoms with Gasteiger partial charge in [-0.3, -0.25) is 0 Å². The molecule has 0 saturated heterocycles. The number of benzene rings is 2. The fourth-order valence-corrected chi connectivity index (χ4v) is 2.16. The van der Waals surface area contributed by atoms with E-state index in [4.69, 9.17) is 9.57 Å². The van der Waals surface area contributed by atoms with Gasteiger partial charge in [0.2, 0.25) is 0 Å². The van der Waals surface area contributed by atoms with Crippen LogP contribution in [0.5, 0.6) is 5.75 Å². The minimum absolute atomic E-state index is 0.0917. The van der Waals surface area contributed by atoms with Gasteiger partial charge in [0.25, 0.3) is 0 Å². The summed E-state index contributed by atoms with van der Waals surface area (Å²) in [5, 5.41) is 4.03. The molecule has 0 bridgehead atoms. The Morgan fingerprint density at radius 3 is 2.12 bits per heavy atom. The van der Waals surface area contributed by atoms with Crippen LogP contribution in [0.2, 0.25) is 0 Å². The van der Waals surface area contributed by atoms with Crippen molar-refractivity contribution in [2.24, 2.45) is 5.16 Å². The maximum atomic E-state index is 12.1. The van der Waals surface area contributed by atoms with Gasteiger partial charge in [0.15, 0.2) is 0 Å². The zero-order valence-electron chi connectivity index (χ0n) is 14.6. The second kappa shape index (κ2) is 8.29. The minimum Gasteiger partial charge on any atom is -0.491 e. The van der Waals surface area contributed by atoms with Crippen LogP contribution >= 0.6 is 0 Å². The van der Waals surface area contributed by atoms with Crippen LogP contribution in [0.25, 0.3) is 0 Å². The maximum absolute atomic E-state index is 12.1. The lowest BCUT2D eigenvalue weighted by molar-refractivity contribution is 0.0516. The van der Waals surface area contributed by atoms with Crippen LogP contribution in [0, 0.1) is 6.92 Å². The van der Waals surface area contributed by atoms with E-state index in [0.29, 0.717) is 12.0 Å². The van der Waals surface area contributed by atoms with E-state index in [-0.39, 0.29) is 6.10 Å². The van der Waals surface area contributed by atoms with Gasteiger partial charge >= 0.3 is 5.97 Å². The van der Waals surface area contributed by atoms with Crippen molar-refractivity contribution in [1.82, 2.24) is 0 Å². The molecule has 126 valence electrons. The van der Waals surface area contributed by atoms with E-state index in [1.54, 1.807) is 24.3 Å². The summed E-state index contributed by atoms with van der Waals surface area (Å²) in [6.45, 7) is 7.91. The van der Waals surface area contributed by atoms with Crippen LogP contribution in [0.4, 0.5) is 0 Å². The molecule has 0 atom stereocenters. The fourth-order valence-electron chi connectivity index (χ4n) is 2.16. The Balaban J connectivity index is 2.06. The van der Waals surface area contributed by atoms with E-state index in [1.165, 1.54) is 5.56 Å². The van der Waals surface area contributed by atoms with Crippen molar-refractivity contribution in [3.63, 3.8) is 0 Å². The van der Waals surface area contributed by atoms with Crippen LogP contribution in [0.3, 0.4) is 0 Å². The van der Waals surface area contributed by atoms with Crippen molar-refractivity contribution >= 4 is 11.7 Å². The minimum atomic E-state index is -0.482. The first-order chi connectivity index (χ1) is 11.5. The number of hydrogen-bond acceptors (Lipinski definition) is 4. The first-order valence-corrected chi connectivity index (χ1v) is 8.11. The first-order valence-electron chi connectivity index (χ1n) is 8.11. The van der Waals surface area contributed by atoms with Crippen molar-refractivity contribution in [2.75, 3.05) is 0 Å². The van der Waals surface area contributed by atoms with Crippen LogP contribution < -0.4 is 4.74 Å². The van der Waals surface area contributed by atoms with Crippen molar-refractivity contribution in [3.8, 4) is 5.75 Å². The Labute approximate surface area is 143 Å². The summed E-state index contributed by atoms with van der Waals surface area (Å²) in [6, 6.07) is 14.8. The van der Waals surface area contributed by atoms with Gasteiger partial charge in [0.1, 0.15) is 5.75 Å². The van der Waals surface area contributed by atoms with Gasteiger partial charge in [0.05, 0.1) is 17.4 Å². The quantitative estimate of drug-likeness (QED) is 0.437. The summed E-state index contributed by atoms with van der Waals surface area (Å²) in [5.41, 5.74) is 3.31. The molecule has 2 aromatic rings. The summed E-state index contributed by atoms with van der Waals surface area (Å²) >= 11 is 0. The van der Waals surface area contributed by atoms with Crippen molar-refractivity contribution in [1.29, 1.82) is 0 Å². The summed E-state index contributed by atoms with van der Waals surface area (Å²) in [5.74, 6) is 0.239. The number of nitrogens with zero attached hydrogens (tertiary/aromatic N) is 1. The third-order valence-corrected chi connectivity index (χ3v) is 3.42. The summed E-state index contributed by atoms with van der Waals surface area (Å²) in [6.07, 6.45) is 0.770. The molecule has 0 heterocycles. The molecule has 2 rings (SSSR count). The fraction of sp³-hybridized carbons (Fsp3) is 0.300. The van der Waals surface area contributed by atoms with Crippen LogP contribution in [-0.2, 0) is 4.84 Å². The predicted octanol–water partition coefficient (Wildman–Crippen LogP) is 4.75. The number of aryl methyl sites for hydroxylation is 1. The topological polar surface area (TPSA) is 47.9 Å². The average Bonchev–Trinajstić information content (AvgIpc) is 2.57. The molecule has 0 aliphatic carbocycles. The van der Waals surface area contributed by atoms with Gasteiger partial charge in [-0.25, -0.2) is 4.79 Å². The molecular weight excluding hydrogens is 302 g/mol. The van der Waals surface area contributed by atoms with E-state index in [9.17, 15) is 4.79 Å². The van der Waals surface area contributed by atoms with E-state index in [1.807, 2.05) is 52.0 Å². The smallest absolute Gasteiger partial charge is 0.365 e. The zero-order valence-corrected chi connectivity index (χ0v) is 14.6. The van der Waals surface area contributed by atoms with Crippen LogP contribution in [-0.4, -0.2) is 17.8 Å². The molecular formula is C20H23NO3. The number of carbonyl (C=O) groups excluding carboxylic acids is 1. The zero-order chi connectivity index (χ0) is 17.5. The highest BCUT2D eigenvalue weighted by Gasteiger charge is 2.09. The van der Waals surface area contributed by atoms with E-state index >= 15 is 0 Å². The average molecular weight is 325 g/mol. The Morgan fingerprint density at radius 2 is 1.58 bits per heavy atom. The van der Waals surface area contributed by atoms with Crippen LogP contribution in [0.1, 0.15) is 48.7 Å². The van der Waals surface area contributed by atoms with Crippen molar-refractivity contribution < 1.29 is 14.4 Å². The number of carbonyl (C=O) groups is 1. The van der Waals surface area contributed by atoms with Gasteiger partial charge < -0.3 is 9.57 Å². The molecule has 0 aliphatic rings. The Bertz CT molecular complexity index is 701. The molecule has 4 nitrogen and oxygen atoms in total. The second-order valence-electron chi connectivity index (χ2n) is 5.83. The predicted molar refractivity (Wildman–Crippen MR) is 95.6 cm³/mol. The van der Waals surface area contributed by atoms with Gasteiger partial charge in [-0.1, -0.05) is 41.9 Å². The largest absolute Gasteiger partial charge is 0.491 e. The molecule has 2 aromatic carbocycles. The lowest BCUT2D eigenvalue weighted by Crippen LogP contribution is -2.07. The molecule has 0 amide bonds. The van der Waals surface area contributed by atoms with Gasteiger partial charge in [-0.05, 0) is 57.0 Å². The van der Waals surface area contributed by atoms with Gasteiger partial charge in [-0.15, -0.1) is 0 Å². The molecule has 0 unspecified atom stereocenters. The summed E-state index contributed by atoms with van der Waals surface area (Å²) in [4.78, 5) is 17.2. The summed E-state index contributed by atoms with van der Waals surface area (Å²) < 4.78 is 5.55. The highest BCUT2D eigenvalue weighted by atomic mass is 16.7. The standard InChI is InChI=1S/C20H23NO3/c1-5-19(16-8-6-15(4)7-9-16)21-24-20(22)17-10-12-18(13-11-17)23-14(2)3/h6-14H,5H2,1-4H3/b21-19-. The third-order valence-electron chi connectivity index (χ3n) is 3.42. The molecule has 0 radical (unpaired) electrons. The lowest BCUT2D eigenvalue weighted by atomic mass is 10.1. The molecule has 0 N–H and O–H groups in total. The van der Waals surface area contributed by atoms with Gasteiger partial charge in [-0.2, -0.15) is 0 Å². The molecule has 0 aromatic heterocycles. The van der Waals surface area contributed by atoms with Crippen molar-refractivity contribution in [3.05, 3.63) is 65.2 Å². The lowest BCUT2D eigenvalue weighted by Gasteiger charge is -2.09. The molecule has 4 heteroatoms. The van der Waals surface area contributed by atoms with Crippen molar-refractivity contribution in [2.45, 2.75) is 40.2 Å². The SMILES string of the molecule is CC/C(=N/OC(=O)c1ccc(OC(C)C)cc1)c1ccc(C)cc1. The Kier molecular flexibility index (Phi) is 6.13. The second-order valence-corrected chi connectivity index (χ2v) is 5.83. The number of hydrogen-bond donors (Lipinski definition) is 0. The number of ether oxygens (including phenoxy) is 1. The monoisotopic (exact) mass is 325 g/mol. The first kappa shape index (κ1) is 17.7. The van der Waals surface area contributed by atoms with E-state index in [2.05, 4.69) is 5.16 Å². The highest BCUT2D eigenvalue weighted by molar-refractivity contribution is 6.00. The summed E-state index contributed by atoms with van der Waals surface area (Å²) in [7, 11) is 0. The Morgan fingerprint density at radius 1 is 1.00 bits per heavy atom. The number of oxime groups is 1.